The molecule has 1 unspecified atom stereocenters. The lowest BCUT2D eigenvalue weighted by molar-refractivity contribution is -0.123. The van der Waals surface area contributed by atoms with Gasteiger partial charge in [0.05, 0.1) is 37.6 Å². The Morgan fingerprint density at radius 1 is 0.964 bits per heavy atom. The third-order valence-electron chi connectivity index (χ3n) is 3.74. The number of methoxy groups -OCH3 is 3. The molecule has 0 spiro atoms. The Hall–Kier alpha value is -2.64. The van der Waals surface area contributed by atoms with Crippen LogP contribution in [0.1, 0.15) is 17.3 Å². The second-order valence-electron chi connectivity index (χ2n) is 5.57. The molecule has 9 heteroatoms. The van der Waals surface area contributed by atoms with E-state index in [-0.39, 0.29) is 17.1 Å². The van der Waals surface area contributed by atoms with Gasteiger partial charge in [0, 0.05) is 5.02 Å². The Morgan fingerprint density at radius 3 is 2.11 bits per heavy atom. The SMILES string of the molecule is COc1cc(C(=O)OC(C)C(=O)Nc2cc(Cl)ccc2Cl)cc(OC)c1OC. The van der Waals surface area contributed by atoms with E-state index >= 15 is 0 Å². The number of carbonyl (C=O) groups excluding carboxylic acids is 2. The predicted molar refractivity (Wildman–Crippen MR) is 106 cm³/mol. The summed E-state index contributed by atoms with van der Waals surface area (Å²) in [6.07, 6.45) is -1.10. The maximum absolute atomic E-state index is 12.5. The molecule has 28 heavy (non-hydrogen) atoms. The molecule has 0 saturated carbocycles. The summed E-state index contributed by atoms with van der Waals surface area (Å²) in [4.78, 5) is 24.8. The van der Waals surface area contributed by atoms with E-state index in [2.05, 4.69) is 5.32 Å². The first-order chi connectivity index (χ1) is 13.3. The van der Waals surface area contributed by atoms with E-state index in [4.69, 9.17) is 42.1 Å². The van der Waals surface area contributed by atoms with Gasteiger partial charge in [-0.2, -0.15) is 0 Å². The van der Waals surface area contributed by atoms with Crippen LogP contribution in [0.5, 0.6) is 17.2 Å². The van der Waals surface area contributed by atoms with Crippen LogP contribution >= 0.6 is 23.2 Å². The number of esters is 1. The molecule has 150 valence electrons. The van der Waals surface area contributed by atoms with Crippen molar-refractivity contribution in [2.75, 3.05) is 26.6 Å². The number of nitrogens with one attached hydrogen (secondary N) is 1. The van der Waals surface area contributed by atoms with Crippen molar-refractivity contribution in [3.05, 3.63) is 45.9 Å². The molecule has 2 aromatic carbocycles. The molecule has 1 atom stereocenters. The van der Waals surface area contributed by atoms with Crippen molar-refractivity contribution in [2.24, 2.45) is 0 Å². The third kappa shape index (κ3) is 4.99. The molecule has 0 bridgehead atoms. The number of hydrogen-bond acceptors (Lipinski definition) is 6. The fourth-order valence-corrected chi connectivity index (χ4v) is 2.65. The maximum atomic E-state index is 12.5. The number of hydrogen-bond donors (Lipinski definition) is 1. The molecule has 0 radical (unpaired) electrons. The Kier molecular flexibility index (Phi) is 7.37. The highest BCUT2D eigenvalue weighted by molar-refractivity contribution is 6.35. The van der Waals surface area contributed by atoms with Crippen LogP contribution in [0.2, 0.25) is 10.0 Å². The first-order valence-electron chi connectivity index (χ1n) is 8.07. The molecule has 0 heterocycles. The average molecular weight is 428 g/mol. The standard InChI is InChI=1S/C19H19Cl2NO6/c1-10(18(23)22-14-9-12(20)5-6-13(14)21)28-19(24)11-7-15(25-2)17(27-4)16(8-11)26-3/h5-10H,1-4H3,(H,22,23). The van der Waals surface area contributed by atoms with Gasteiger partial charge < -0.3 is 24.3 Å². The molecular weight excluding hydrogens is 409 g/mol. The van der Waals surface area contributed by atoms with Crippen molar-refractivity contribution < 1.29 is 28.5 Å². The molecular formula is C19H19Cl2NO6. The van der Waals surface area contributed by atoms with Gasteiger partial charge in [-0.05, 0) is 37.3 Å². The summed E-state index contributed by atoms with van der Waals surface area (Å²) in [5, 5.41) is 3.28. The van der Waals surface area contributed by atoms with Crippen LogP contribution < -0.4 is 19.5 Å². The summed E-state index contributed by atoms with van der Waals surface area (Å²) >= 11 is 11.9. The van der Waals surface area contributed by atoms with Gasteiger partial charge >= 0.3 is 5.97 Å². The van der Waals surface area contributed by atoms with Gasteiger partial charge in [0.15, 0.2) is 17.6 Å². The summed E-state index contributed by atoms with van der Waals surface area (Å²) in [7, 11) is 4.31. The van der Waals surface area contributed by atoms with E-state index in [1.165, 1.54) is 46.5 Å². The van der Waals surface area contributed by atoms with Gasteiger partial charge in [0.2, 0.25) is 5.75 Å². The van der Waals surface area contributed by atoms with E-state index < -0.39 is 18.0 Å². The highest BCUT2D eigenvalue weighted by atomic mass is 35.5. The van der Waals surface area contributed by atoms with Crippen molar-refractivity contribution in [3.63, 3.8) is 0 Å². The van der Waals surface area contributed by atoms with E-state index in [0.717, 1.165) is 0 Å². The van der Waals surface area contributed by atoms with Gasteiger partial charge in [-0.25, -0.2) is 4.79 Å². The first-order valence-corrected chi connectivity index (χ1v) is 8.83. The molecule has 1 amide bonds. The Balaban J connectivity index is 2.15. The first kappa shape index (κ1) is 21.7. The van der Waals surface area contributed by atoms with Crippen LogP contribution in [-0.2, 0) is 9.53 Å². The van der Waals surface area contributed by atoms with Gasteiger partial charge in [-0.1, -0.05) is 23.2 Å². The van der Waals surface area contributed by atoms with Gasteiger partial charge in [-0.3, -0.25) is 4.79 Å². The summed E-state index contributed by atoms with van der Waals surface area (Å²) in [6, 6.07) is 7.50. The largest absolute Gasteiger partial charge is 0.493 e. The highest BCUT2D eigenvalue weighted by Crippen LogP contribution is 2.38. The van der Waals surface area contributed by atoms with E-state index in [0.29, 0.717) is 21.5 Å². The molecule has 0 fully saturated rings. The number of anilines is 1. The zero-order chi connectivity index (χ0) is 20.8. The zero-order valence-corrected chi connectivity index (χ0v) is 17.2. The molecule has 2 aromatic rings. The molecule has 0 aliphatic rings. The van der Waals surface area contributed by atoms with Crippen LogP contribution in [-0.4, -0.2) is 39.3 Å². The topological polar surface area (TPSA) is 83.1 Å². The predicted octanol–water partition coefficient (Wildman–Crippen LogP) is 4.20. The minimum atomic E-state index is -1.10. The molecule has 0 aliphatic heterocycles. The lowest BCUT2D eigenvalue weighted by Gasteiger charge is -2.16. The van der Waals surface area contributed by atoms with E-state index in [1.807, 2.05) is 0 Å². The molecule has 1 N–H and O–H groups in total. The van der Waals surface area contributed by atoms with Crippen LogP contribution in [0.4, 0.5) is 5.69 Å². The second-order valence-corrected chi connectivity index (χ2v) is 6.42. The maximum Gasteiger partial charge on any atom is 0.339 e. The molecule has 7 nitrogen and oxygen atoms in total. The monoisotopic (exact) mass is 427 g/mol. The Bertz CT molecular complexity index is 862. The van der Waals surface area contributed by atoms with Crippen molar-refractivity contribution in [2.45, 2.75) is 13.0 Å². The zero-order valence-electron chi connectivity index (χ0n) is 15.7. The molecule has 0 aliphatic carbocycles. The van der Waals surface area contributed by atoms with Crippen LogP contribution in [0.25, 0.3) is 0 Å². The fourth-order valence-electron chi connectivity index (χ4n) is 2.31. The van der Waals surface area contributed by atoms with Gasteiger partial charge in [0.1, 0.15) is 0 Å². The number of carbonyl (C=O) groups is 2. The number of amides is 1. The van der Waals surface area contributed by atoms with Gasteiger partial charge in [0.25, 0.3) is 5.91 Å². The Labute approximate surface area is 172 Å². The summed E-state index contributed by atoms with van der Waals surface area (Å²) in [5.74, 6) is -0.389. The number of rotatable bonds is 7. The smallest absolute Gasteiger partial charge is 0.339 e. The highest BCUT2D eigenvalue weighted by Gasteiger charge is 2.23. The van der Waals surface area contributed by atoms with Crippen molar-refractivity contribution in [1.29, 1.82) is 0 Å². The summed E-state index contributed by atoms with van der Waals surface area (Å²) in [5.41, 5.74) is 0.449. The molecule has 2 rings (SSSR count). The van der Waals surface area contributed by atoms with E-state index in [1.54, 1.807) is 12.1 Å². The van der Waals surface area contributed by atoms with Gasteiger partial charge in [-0.15, -0.1) is 0 Å². The second kappa shape index (κ2) is 9.52. The fraction of sp³-hybridized carbons (Fsp3) is 0.263. The van der Waals surface area contributed by atoms with E-state index in [9.17, 15) is 9.59 Å². The van der Waals surface area contributed by atoms with Crippen molar-refractivity contribution in [3.8, 4) is 17.2 Å². The lowest BCUT2D eigenvalue weighted by Crippen LogP contribution is -2.30. The third-order valence-corrected chi connectivity index (χ3v) is 4.30. The average Bonchev–Trinajstić information content (AvgIpc) is 2.69. The number of halogens is 2. The number of ether oxygens (including phenoxy) is 4. The number of benzene rings is 2. The normalized spacial score (nSPS) is 11.4. The van der Waals surface area contributed by atoms with Crippen LogP contribution in [0.15, 0.2) is 30.3 Å². The van der Waals surface area contributed by atoms with Crippen LogP contribution in [0, 0.1) is 0 Å². The summed E-state index contributed by atoms with van der Waals surface area (Å²) < 4.78 is 20.9. The molecule has 0 aromatic heterocycles. The lowest BCUT2D eigenvalue weighted by atomic mass is 10.2. The minimum absolute atomic E-state index is 0.134. The summed E-state index contributed by atoms with van der Waals surface area (Å²) in [6.45, 7) is 1.43. The molecule has 0 saturated heterocycles. The quantitative estimate of drug-likeness (QED) is 0.666. The minimum Gasteiger partial charge on any atom is -0.493 e. The Morgan fingerprint density at radius 2 is 1.57 bits per heavy atom. The van der Waals surface area contributed by atoms with Crippen molar-refractivity contribution >= 4 is 40.8 Å². The van der Waals surface area contributed by atoms with Crippen LogP contribution in [0.3, 0.4) is 0 Å². The van der Waals surface area contributed by atoms with Crippen molar-refractivity contribution in [1.82, 2.24) is 0 Å².